The highest BCUT2D eigenvalue weighted by Gasteiger charge is 2.12. The minimum absolute atomic E-state index is 0.113. The molecule has 0 aliphatic rings. The van der Waals surface area contributed by atoms with Crippen LogP contribution in [0.4, 0.5) is 0 Å². The van der Waals surface area contributed by atoms with Gasteiger partial charge in [-0.05, 0) is 26.2 Å². The van der Waals surface area contributed by atoms with Crippen molar-refractivity contribution in [3.05, 3.63) is 11.5 Å². The molecule has 4 nitrogen and oxygen atoms in total. The van der Waals surface area contributed by atoms with Gasteiger partial charge in [0, 0.05) is 6.04 Å². The molecule has 0 aliphatic heterocycles. The second-order valence-corrected chi connectivity index (χ2v) is 5.89. The van der Waals surface area contributed by atoms with Crippen molar-refractivity contribution in [3.8, 4) is 0 Å². The van der Waals surface area contributed by atoms with Gasteiger partial charge in [0.2, 0.25) is 10.0 Å². The smallest absolute Gasteiger partial charge is 0.241 e. The predicted octanol–water partition coefficient (Wildman–Crippen LogP) is 1.38. The summed E-state index contributed by atoms with van der Waals surface area (Å²) in [5.41, 5.74) is 2.74. The van der Waals surface area contributed by atoms with E-state index in [2.05, 4.69) is 30.7 Å². The average Bonchev–Trinajstić information content (AvgIpc) is 1.99. The van der Waals surface area contributed by atoms with E-state index in [4.69, 9.17) is 0 Å². The monoisotopic (exact) mass is 220 g/mol. The second-order valence-electron chi connectivity index (χ2n) is 3.98. The van der Waals surface area contributed by atoms with E-state index in [0.29, 0.717) is 5.92 Å². The molecule has 0 aliphatic carbocycles. The number of rotatable bonds is 6. The molecule has 0 bridgehead atoms. The quantitative estimate of drug-likeness (QED) is 0.665. The Bertz CT molecular complexity index is 283. The molecule has 0 radical (unpaired) electrons. The van der Waals surface area contributed by atoms with E-state index in [1.807, 2.05) is 6.92 Å². The van der Waals surface area contributed by atoms with Gasteiger partial charge in [0.1, 0.15) is 0 Å². The lowest BCUT2D eigenvalue weighted by Crippen LogP contribution is -2.43. The maximum Gasteiger partial charge on any atom is 0.248 e. The van der Waals surface area contributed by atoms with E-state index in [1.165, 1.54) is 6.92 Å². The van der Waals surface area contributed by atoms with Gasteiger partial charge in [-0.1, -0.05) is 20.4 Å². The summed E-state index contributed by atoms with van der Waals surface area (Å²) in [4.78, 5) is 2.40. The largest absolute Gasteiger partial charge is 0.248 e. The van der Waals surface area contributed by atoms with Gasteiger partial charge in [-0.3, -0.25) is 0 Å². The third kappa shape index (κ3) is 5.36. The standard InChI is InChI=1S/C9H20N2O2S/c1-7(2)6-9(5)10-11-14(12,13)8(3)4/h7,9-11H,3,6H2,1-2,4-5H3. The Morgan fingerprint density at radius 1 is 1.36 bits per heavy atom. The van der Waals surface area contributed by atoms with E-state index in [9.17, 15) is 8.42 Å². The van der Waals surface area contributed by atoms with Gasteiger partial charge in [-0.2, -0.15) is 0 Å². The van der Waals surface area contributed by atoms with Crippen molar-refractivity contribution < 1.29 is 8.42 Å². The van der Waals surface area contributed by atoms with Crippen molar-refractivity contribution in [2.75, 3.05) is 0 Å². The summed E-state index contributed by atoms with van der Waals surface area (Å²) < 4.78 is 22.5. The third-order valence-corrected chi connectivity index (χ3v) is 3.03. The van der Waals surface area contributed by atoms with Crippen LogP contribution in [-0.2, 0) is 10.0 Å². The topological polar surface area (TPSA) is 58.2 Å². The molecule has 0 amide bonds. The first-order valence-electron chi connectivity index (χ1n) is 4.68. The molecule has 0 rings (SSSR count). The minimum Gasteiger partial charge on any atom is -0.241 e. The number of hydrogen-bond acceptors (Lipinski definition) is 3. The second kappa shape index (κ2) is 5.48. The molecule has 0 saturated heterocycles. The first-order chi connectivity index (χ1) is 6.25. The Labute approximate surface area is 86.8 Å². The van der Waals surface area contributed by atoms with Crippen LogP contribution < -0.4 is 10.3 Å². The number of allylic oxidation sites excluding steroid dienone is 1. The van der Waals surface area contributed by atoms with E-state index in [1.54, 1.807) is 0 Å². The molecule has 0 saturated carbocycles. The Balaban J connectivity index is 4.01. The van der Waals surface area contributed by atoms with Crippen molar-refractivity contribution in [1.82, 2.24) is 10.3 Å². The highest BCUT2D eigenvalue weighted by molar-refractivity contribution is 7.93. The lowest BCUT2D eigenvalue weighted by atomic mass is 10.1. The van der Waals surface area contributed by atoms with Crippen LogP contribution in [0.1, 0.15) is 34.1 Å². The summed E-state index contributed by atoms with van der Waals surface area (Å²) in [6.45, 7) is 10.9. The highest BCUT2D eigenvalue weighted by atomic mass is 32.2. The van der Waals surface area contributed by atoms with Crippen LogP contribution in [-0.4, -0.2) is 14.5 Å². The zero-order valence-electron chi connectivity index (χ0n) is 9.29. The lowest BCUT2D eigenvalue weighted by molar-refractivity contribution is 0.426. The summed E-state index contributed by atoms with van der Waals surface area (Å²) >= 11 is 0. The zero-order chi connectivity index (χ0) is 11.4. The Hall–Kier alpha value is -0.390. The molecule has 0 heterocycles. The van der Waals surface area contributed by atoms with Crippen LogP contribution in [0.25, 0.3) is 0 Å². The molecule has 14 heavy (non-hydrogen) atoms. The summed E-state index contributed by atoms with van der Waals surface area (Å²) in [7, 11) is -3.38. The van der Waals surface area contributed by atoms with Crippen LogP contribution in [0, 0.1) is 5.92 Å². The summed E-state index contributed by atoms with van der Waals surface area (Å²) in [6.07, 6.45) is 0.915. The van der Waals surface area contributed by atoms with Crippen molar-refractivity contribution in [1.29, 1.82) is 0 Å². The molecule has 84 valence electrons. The van der Waals surface area contributed by atoms with Gasteiger partial charge in [0.05, 0.1) is 4.91 Å². The SMILES string of the molecule is C=C(C)S(=O)(=O)NNC(C)CC(C)C. The Morgan fingerprint density at radius 2 is 1.86 bits per heavy atom. The van der Waals surface area contributed by atoms with Gasteiger partial charge >= 0.3 is 0 Å². The van der Waals surface area contributed by atoms with Crippen LogP contribution >= 0.6 is 0 Å². The van der Waals surface area contributed by atoms with Crippen LogP contribution in [0.15, 0.2) is 11.5 Å². The molecular weight excluding hydrogens is 200 g/mol. The fraction of sp³-hybridized carbons (Fsp3) is 0.778. The van der Waals surface area contributed by atoms with E-state index in [0.717, 1.165) is 6.42 Å². The molecule has 2 N–H and O–H groups in total. The van der Waals surface area contributed by atoms with Crippen molar-refractivity contribution in [2.24, 2.45) is 5.92 Å². The molecule has 1 unspecified atom stereocenters. The molecule has 0 fully saturated rings. The molecule has 0 spiro atoms. The summed E-state index contributed by atoms with van der Waals surface area (Å²) in [6, 6.07) is 0.115. The Kier molecular flexibility index (Phi) is 5.33. The van der Waals surface area contributed by atoms with Crippen molar-refractivity contribution in [2.45, 2.75) is 40.2 Å². The van der Waals surface area contributed by atoms with E-state index in [-0.39, 0.29) is 10.9 Å². The van der Waals surface area contributed by atoms with Crippen molar-refractivity contribution in [3.63, 3.8) is 0 Å². The number of sulfonamides is 1. The molecule has 5 heteroatoms. The molecular formula is C9H20N2O2S. The molecule has 0 aromatic carbocycles. The predicted molar refractivity (Wildman–Crippen MR) is 58.9 cm³/mol. The fourth-order valence-corrected chi connectivity index (χ4v) is 1.56. The minimum atomic E-state index is -3.38. The van der Waals surface area contributed by atoms with E-state index < -0.39 is 10.0 Å². The van der Waals surface area contributed by atoms with Gasteiger partial charge in [-0.15, -0.1) is 4.83 Å². The first-order valence-corrected chi connectivity index (χ1v) is 6.17. The van der Waals surface area contributed by atoms with Gasteiger partial charge in [0.15, 0.2) is 0 Å². The normalized spacial score (nSPS) is 14.4. The number of hydrazine groups is 1. The van der Waals surface area contributed by atoms with Crippen LogP contribution in [0.3, 0.4) is 0 Å². The summed E-state index contributed by atoms with van der Waals surface area (Å²) in [5.74, 6) is 0.534. The number of nitrogens with one attached hydrogen (secondary N) is 2. The molecule has 0 aromatic heterocycles. The lowest BCUT2D eigenvalue weighted by Gasteiger charge is -2.16. The maximum atomic E-state index is 11.2. The van der Waals surface area contributed by atoms with Gasteiger partial charge in [0.25, 0.3) is 0 Å². The average molecular weight is 220 g/mol. The maximum absolute atomic E-state index is 11.2. The van der Waals surface area contributed by atoms with Crippen LogP contribution in [0.5, 0.6) is 0 Å². The number of hydrogen-bond donors (Lipinski definition) is 2. The van der Waals surface area contributed by atoms with Crippen LogP contribution in [0.2, 0.25) is 0 Å². The summed E-state index contributed by atoms with van der Waals surface area (Å²) in [5, 5.41) is 0. The van der Waals surface area contributed by atoms with E-state index >= 15 is 0 Å². The van der Waals surface area contributed by atoms with Gasteiger partial charge in [-0.25, -0.2) is 13.8 Å². The highest BCUT2D eigenvalue weighted by Crippen LogP contribution is 2.03. The van der Waals surface area contributed by atoms with Gasteiger partial charge < -0.3 is 0 Å². The first kappa shape index (κ1) is 13.6. The molecule has 1 atom stereocenters. The fourth-order valence-electron chi connectivity index (χ4n) is 1.03. The molecule has 0 aromatic rings. The third-order valence-electron chi connectivity index (χ3n) is 1.72. The zero-order valence-corrected chi connectivity index (χ0v) is 10.1. The van der Waals surface area contributed by atoms with Crippen molar-refractivity contribution >= 4 is 10.0 Å². The Morgan fingerprint density at radius 3 is 2.21 bits per heavy atom.